The van der Waals surface area contributed by atoms with Gasteiger partial charge in [-0.05, 0) is 31.6 Å². The van der Waals surface area contributed by atoms with Crippen molar-refractivity contribution in [3.63, 3.8) is 0 Å². The Kier molecular flexibility index (Phi) is 4.38. The van der Waals surface area contributed by atoms with Gasteiger partial charge in [0.15, 0.2) is 0 Å². The number of carbonyl (C=O) groups excluding carboxylic acids is 1. The number of nitrogens with zero attached hydrogens (tertiary/aromatic N) is 2. The molecule has 6 heteroatoms. The molecule has 0 spiro atoms. The van der Waals surface area contributed by atoms with Crippen molar-refractivity contribution in [2.75, 3.05) is 13.1 Å². The summed E-state index contributed by atoms with van der Waals surface area (Å²) in [5, 5.41) is 19.8. The zero-order valence-electron chi connectivity index (χ0n) is 10.8. The zero-order valence-corrected chi connectivity index (χ0v) is 10.8. The van der Waals surface area contributed by atoms with Gasteiger partial charge in [0.1, 0.15) is 6.54 Å². The van der Waals surface area contributed by atoms with Crippen molar-refractivity contribution in [3.8, 4) is 6.07 Å². The van der Waals surface area contributed by atoms with Gasteiger partial charge in [-0.3, -0.25) is 14.5 Å². The van der Waals surface area contributed by atoms with Crippen LogP contribution in [0.3, 0.4) is 0 Å². The normalized spacial score (nSPS) is 29.7. The molecule has 104 valence electrons. The van der Waals surface area contributed by atoms with Crippen molar-refractivity contribution >= 4 is 11.9 Å². The van der Waals surface area contributed by atoms with Crippen LogP contribution in [0, 0.1) is 17.2 Å². The molecule has 0 radical (unpaired) electrons. The van der Waals surface area contributed by atoms with Crippen molar-refractivity contribution in [2.24, 2.45) is 5.92 Å². The molecule has 0 aliphatic carbocycles. The summed E-state index contributed by atoms with van der Waals surface area (Å²) in [6.45, 7) is 0.375. The van der Waals surface area contributed by atoms with Crippen LogP contribution in [0.25, 0.3) is 0 Å². The van der Waals surface area contributed by atoms with E-state index in [0.717, 1.165) is 25.7 Å². The predicted molar refractivity (Wildman–Crippen MR) is 67.1 cm³/mol. The number of piperidine rings is 1. The number of fused-ring (bicyclic) bond motifs is 2. The third-order valence-electron chi connectivity index (χ3n) is 4.14. The molecule has 2 bridgehead atoms. The lowest BCUT2D eigenvalue weighted by Crippen LogP contribution is -2.48. The molecular formula is C13H19N3O3. The zero-order chi connectivity index (χ0) is 13.8. The SMILES string of the molecule is N#CCNC(=O)CN1C2CCC1CC(CC(=O)O)C2. The molecule has 2 saturated heterocycles. The van der Waals surface area contributed by atoms with Crippen LogP contribution >= 0.6 is 0 Å². The summed E-state index contributed by atoms with van der Waals surface area (Å²) in [6, 6.07) is 2.55. The molecule has 2 aliphatic rings. The molecule has 6 nitrogen and oxygen atoms in total. The smallest absolute Gasteiger partial charge is 0.303 e. The lowest BCUT2D eigenvalue weighted by Gasteiger charge is -2.38. The van der Waals surface area contributed by atoms with Crippen LogP contribution in [0.2, 0.25) is 0 Å². The van der Waals surface area contributed by atoms with E-state index in [9.17, 15) is 9.59 Å². The quantitative estimate of drug-likeness (QED) is 0.699. The van der Waals surface area contributed by atoms with E-state index >= 15 is 0 Å². The lowest BCUT2D eigenvalue weighted by molar-refractivity contribution is -0.139. The van der Waals surface area contributed by atoms with Crippen molar-refractivity contribution in [1.82, 2.24) is 10.2 Å². The van der Waals surface area contributed by atoms with Gasteiger partial charge in [-0.1, -0.05) is 0 Å². The molecule has 2 rings (SSSR count). The van der Waals surface area contributed by atoms with Gasteiger partial charge < -0.3 is 10.4 Å². The maximum absolute atomic E-state index is 11.7. The fourth-order valence-electron chi connectivity index (χ4n) is 3.42. The first-order chi connectivity index (χ1) is 9.10. The van der Waals surface area contributed by atoms with E-state index in [-0.39, 0.29) is 24.8 Å². The Morgan fingerprint density at radius 1 is 1.32 bits per heavy atom. The molecule has 0 aromatic rings. The Hall–Kier alpha value is -1.61. The second-order valence-corrected chi connectivity index (χ2v) is 5.43. The minimum Gasteiger partial charge on any atom is -0.481 e. The molecule has 2 N–H and O–H groups in total. The molecule has 0 aromatic heterocycles. The Bertz CT molecular complexity index is 390. The summed E-state index contributed by atoms with van der Waals surface area (Å²) in [7, 11) is 0. The largest absolute Gasteiger partial charge is 0.481 e. The number of rotatable bonds is 5. The van der Waals surface area contributed by atoms with Crippen molar-refractivity contribution in [2.45, 2.75) is 44.2 Å². The number of nitriles is 1. The number of hydrogen-bond acceptors (Lipinski definition) is 4. The summed E-state index contributed by atoms with van der Waals surface area (Å²) < 4.78 is 0. The fraction of sp³-hybridized carbons (Fsp3) is 0.769. The average molecular weight is 265 g/mol. The van der Waals surface area contributed by atoms with E-state index < -0.39 is 5.97 Å². The number of carboxylic acids is 1. The number of nitrogens with one attached hydrogen (secondary N) is 1. The molecule has 1 amide bonds. The summed E-state index contributed by atoms with van der Waals surface area (Å²) in [5.74, 6) is -0.604. The van der Waals surface area contributed by atoms with Crippen LogP contribution in [-0.2, 0) is 9.59 Å². The topological polar surface area (TPSA) is 93.4 Å². The summed E-state index contributed by atoms with van der Waals surface area (Å²) in [5.41, 5.74) is 0. The van der Waals surface area contributed by atoms with Gasteiger partial charge in [0.25, 0.3) is 0 Å². The predicted octanol–water partition coefficient (Wildman–Crippen LogP) is 0.344. The monoisotopic (exact) mass is 265 g/mol. The number of amides is 1. The van der Waals surface area contributed by atoms with Gasteiger partial charge in [-0.25, -0.2) is 0 Å². The van der Waals surface area contributed by atoms with E-state index in [1.54, 1.807) is 0 Å². The Morgan fingerprint density at radius 3 is 2.47 bits per heavy atom. The summed E-state index contributed by atoms with van der Waals surface area (Å²) >= 11 is 0. The second-order valence-electron chi connectivity index (χ2n) is 5.43. The first-order valence-corrected chi connectivity index (χ1v) is 6.71. The lowest BCUT2D eigenvalue weighted by atomic mass is 9.88. The van der Waals surface area contributed by atoms with Gasteiger partial charge in [0.05, 0.1) is 12.6 Å². The highest BCUT2D eigenvalue weighted by molar-refractivity contribution is 5.78. The summed E-state index contributed by atoms with van der Waals surface area (Å²) in [4.78, 5) is 24.6. The maximum Gasteiger partial charge on any atom is 0.303 e. The molecular weight excluding hydrogens is 246 g/mol. The minimum atomic E-state index is -0.732. The Morgan fingerprint density at radius 2 is 1.95 bits per heavy atom. The van der Waals surface area contributed by atoms with E-state index in [1.165, 1.54) is 0 Å². The maximum atomic E-state index is 11.7. The van der Waals surface area contributed by atoms with Crippen LogP contribution in [0.5, 0.6) is 0 Å². The molecule has 2 atom stereocenters. The molecule has 2 aliphatic heterocycles. The van der Waals surface area contributed by atoms with Gasteiger partial charge in [-0.15, -0.1) is 0 Å². The van der Waals surface area contributed by atoms with E-state index in [0.29, 0.717) is 18.6 Å². The molecule has 0 saturated carbocycles. The van der Waals surface area contributed by atoms with Gasteiger partial charge in [-0.2, -0.15) is 5.26 Å². The molecule has 2 unspecified atom stereocenters. The van der Waals surface area contributed by atoms with Crippen LogP contribution in [-0.4, -0.2) is 47.1 Å². The number of aliphatic carboxylic acids is 1. The number of carbonyl (C=O) groups is 2. The van der Waals surface area contributed by atoms with Crippen LogP contribution in [0.4, 0.5) is 0 Å². The highest BCUT2D eigenvalue weighted by atomic mass is 16.4. The van der Waals surface area contributed by atoms with Crippen molar-refractivity contribution in [1.29, 1.82) is 5.26 Å². The van der Waals surface area contributed by atoms with Crippen molar-refractivity contribution in [3.05, 3.63) is 0 Å². The third kappa shape index (κ3) is 3.44. The number of hydrogen-bond donors (Lipinski definition) is 2. The van der Waals surface area contributed by atoms with Crippen LogP contribution < -0.4 is 5.32 Å². The van der Waals surface area contributed by atoms with Crippen molar-refractivity contribution < 1.29 is 14.7 Å². The molecule has 2 fully saturated rings. The van der Waals surface area contributed by atoms with Crippen LogP contribution in [0.1, 0.15) is 32.1 Å². The first-order valence-electron chi connectivity index (χ1n) is 6.71. The average Bonchev–Trinajstić information content (AvgIpc) is 2.59. The first kappa shape index (κ1) is 13.8. The standard InChI is InChI=1S/C13H19N3O3/c14-3-4-15-12(17)8-16-10-1-2-11(16)6-9(5-10)7-13(18)19/h9-11H,1-2,4-8H2,(H,15,17)(H,18,19). The molecule has 2 heterocycles. The molecule has 19 heavy (non-hydrogen) atoms. The number of carboxylic acid groups (broad SMARTS) is 1. The van der Waals surface area contributed by atoms with Gasteiger partial charge in [0, 0.05) is 18.5 Å². The third-order valence-corrected chi connectivity index (χ3v) is 4.14. The van der Waals surface area contributed by atoms with Gasteiger partial charge in [0.2, 0.25) is 5.91 Å². The summed E-state index contributed by atoms with van der Waals surface area (Å²) in [6.07, 6.45) is 4.07. The Labute approximate surface area is 112 Å². The van der Waals surface area contributed by atoms with E-state index in [4.69, 9.17) is 10.4 Å². The van der Waals surface area contributed by atoms with Crippen LogP contribution in [0.15, 0.2) is 0 Å². The van der Waals surface area contributed by atoms with Gasteiger partial charge >= 0.3 is 5.97 Å². The molecule has 0 aromatic carbocycles. The highest BCUT2D eigenvalue weighted by Gasteiger charge is 2.41. The van der Waals surface area contributed by atoms with E-state index in [2.05, 4.69) is 10.2 Å². The minimum absolute atomic E-state index is 0.0453. The van der Waals surface area contributed by atoms with E-state index in [1.807, 2.05) is 6.07 Å². The highest BCUT2D eigenvalue weighted by Crippen LogP contribution is 2.39. The fourth-order valence-corrected chi connectivity index (χ4v) is 3.42. The Balaban J connectivity index is 1.87. The second kappa shape index (κ2) is 6.02.